The molecule has 0 unspecified atom stereocenters. The van der Waals surface area contributed by atoms with E-state index in [1.165, 1.54) is 5.56 Å². The third-order valence-corrected chi connectivity index (χ3v) is 4.46. The zero-order chi connectivity index (χ0) is 18.9. The van der Waals surface area contributed by atoms with Crippen molar-refractivity contribution in [2.24, 2.45) is 10.7 Å². The van der Waals surface area contributed by atoms with Gasteiger partial charge in [-0.25, -0.2) is 4.99 Å². The monoisotopic (exact) mass is 365 g/mol. The van der Waals surface area contributed by atoms with Crippen molar-refractivity contribution >= 4 is 17.2 Å². The Morgan fingerprint density at radius 2 is 2.04 bits per heavy atom. The molecule has 0 atom stereocenters. The Kier molecular flexibility index (Phi) is 6.96. The van der Waals surface area contributed by atoms with E-state index in [0.29, 0.717) is 12.4 Å². The molecule has 142 valence electrons. The van der Waals surface area contributed by atoms with Gasteiger partial charge < -0.3 is 20.7 Å². The lowest BCUT2D eigenvalue weighted by atomic mass is 10.1. The lowest BCUT2D eigenvalue weighted by Crippen LogP contribution is -2.35. The van der Waals surface area contributed by atoms with Crippen molar-refractivity contribution in [3.05, 3.63) is 66.1 Å². The number of nitrogens with one attached hydrogen (secondary N) is 1. The van der Waals surface area contributed by atoms with E-state index >= 15 is 0 Å². The summed E-state index contributed by atoms with van der Waals surface area (Å²) < 4.78 is 5.05. The number of ether oxygens (including phenoxy) is 1. The third kappa shape index (κ3) is 5.39. The largest absolute Gasteiger partial charge is 0.386 e. The number of rotatable bonds is 9. The molecule has 0 saturated heterocycles. The third-order valence-electron chi connectivity index (χ3n) is 4.46. The fourth-order valence-corrected chi connectivity index (χ4v) is 3.02. The number of nitrogens with two attached hydrogens (primary N) is 1. The van der Waals surface area contributed by atoms with Crippen molar-refractivity contribution < 1.29 is 4.74 Å². The Balaban J connectivity index is 1.64. The molecule has 2 aromatic rings. The first-order valence-electron chi connectivity index (χ1n) is 9.27. The van der Waals surface area contributed by atoms with Crippen LogP contribution in [0.15, 0.2) is 60.0 Å². The van der Waals surface area contributed by atoms with E-state index in [2.05, 4.69) is 44.5 Å². The Morgan fingerprint density at radius 3 is 2.78 bits per heavy atom. The van der Waals surface area contributed by atoms with Gasteiger partial charge in [-0.1, -0.05) is 24.3 Å². The van der Waals surface area contributed by atoms with Crippen molar-refractivity contribution in [3.8, 4) is 0 Å². The maximum Gasteiger partial charge on any atom is 0.119 e. The lowest BCUT2D eigenvalue weighted by molar-refractivity contribution is 0.194. The number of amidine groups is 1. The van der Waals surface area contributed by atoms with E-state index in [9.17, 15) is 0 Å². The zero-order valence-corrected chi connectivity index (χ0v) is 15.8. The van der Waals surface area contributed by atoms with Gasteiger partial charge in [0.05, 0.1) is 30.3 Å². The molecule has 6 nitrogen and oxygen atoms in total. The van der Waals surface area contributed by atoms with E-state index in [0.717, 1.165) is 49.5 Å². The van der Waals surface area contributed by atoms with Crippen LogP contribution >= 0.6 is 0 Å². The van der Waals surface area contributed by atoms with Crippen LogP contribution < -0.4 is 16.0 Å². The lowest BCUT2D eigenvalue weighted by Gasteiger charge is -2.29. The molecular formula is C21H27N5O. The van der Waals surface area contributed by atoms with Gasteiger partial charge >= 0.3 is 0 Å². The van der Waals surface area contributed by atoms with Crippen LogP contribution in [0.4, 0.5) is 5.69 Å². The Bertz CT molecular complexity index is 771. The van der Waals surface area contributed by atoms with Gasteiger partial charge in [0.25, 0.3) is 0 Å². The first kappa shape index (κ1) is 19.1. The van der Waals surface area contributed by atoms with Gasteiger partial charge in [-0.15, -0.1) is 0 Å². The second-order valence-corrected chi connectivity index (χ2v) is 6.48. The predicted octanol–water partition coefficient (Wildman–Crippen LogP) is 2.43. The summed E-state index contributed by atoms with van der Waals surface area (Å²) in [6.07, 6.45) is 7.49. The van der Waals surface area contributed by atoms with Crippen LogP contribution in [0.2, 0.25) is 0 Å². The fraction of sp³-hybridized carbons (Fsp3) is 0.333. The number of pyridine rings is 1. The highest BCUT2D eigenvalue weighted by Crippen LogP contribution is 2.27. The summed E-state index contributed by atoms with van der Waals surface area (Å²) in [4.78, 5) is 10.7. The maximum absolute atomic E-state index is 5.95. The Hall–Kier alpha value is -2.70. The SMILES string of the molecule is COCCCNCCc1ccc(C2=CN=C(N)CN2c2cccnc2)cc1. The molecule has 0 amide bonds. The van der Waals surface area contributed by atoms with E-state index in [1.54, 1.807) is 13.3 Å². The number of methoxy groups -OCH3 is 1. The molecule has 2 heterocycles. The first-order valence-corrected chi connectivity index (χ1v) is 9.27. The second kappa shape index (κ2) is 9.85. The van der Waals surface area contributed by atoms with Crippen molar-refractivity contribution in [3.63, 3.8) is 0 Å². The van der Waals surface area contributed by atoms with Crippen molar-refractivity contribution in [2.45, 2.75) is 12.8 Å². The minimum atomic E-state index is 0.560. The molecular weight excluding hydrogens is 338 g/mol. The van der Waals surface area contributed by atoms with E-state index in [4.69, 9.17) is 10.5 Å². The molecule has 3 N–H and O–H groups in total. The van der Waals surface area contributed by atoms with Gasteiger partial charge in [0.15, 0.2) is 0 Å². The molecule has 27 heavy (non-hydrogen) atoms. The van der Waals surface area contributed by atoms with E-state index in [1.807, 2.05) is 24.5 Å². The molecule has 1 aliphatic heterocycles. The van der Waals surface area contributed by atoms with Crippen molar-refractivity contribution in [2.75, 3.05) is 38.3 Å². The summed E-state index contributed by atoms with van der Waals surface area (Å²) in [5.74, 6) is 0.596. The van der Waals surface area contributed by atoms with Crippen LogP contribution in [0.3, 0.4) is 0 Å². The molecule has 0 fully saturated rings. The minimum absolute atomic E-state index is 0.560. The first-order chi connectivity index (χ1) is 13.3. The smallest absolute Gasteiger partial charge is 0.119 e. The number of benzene rings is 1. The van der Waals surface area contributed by atoms with Gasteiger partial charge in [0, 0.05) is 19.9 Å². The highest BCUT2D eigenvalue weighted by Gasteiger charge is 2.18. The zero-order valence-electron chi connectivity index (χ0n) is 15.8. The average Bonchev–Trinajstić information content (AvgIpc) is 2.72. The molecule has 1 aromatic heterocycles. The maximum atomic E-state index is 5.95. The molecule has 0 aliphatic carbocycles. The molecule has 3 rings (SSSR count). The van der Waals surface area contributed by atoms with Gasteiger partial charge in [0.2, 0.25) is 0 Å². The number of aliphatic imine (C=N–C) groups is 1. The van der Waals surface area contributed by atoms with E-state index in [-0.39, 0.29) is 0 Å². The quantitative estimate of drug-likeness (QED) is 0.668. The summed E-state index contributed by atoms with van der Waals surface area (Å²) in [5.41, 5.74) is 10.4. The summed E-state index contributed by atoms with van der Waals surface area (Å²) in [6.45, 7) is 3.31. The van der Waals surface area contributed by atoms with Gasteiger partial charge in [-0.3, -0.25) is 4.98 Å². The van der Waals surface area contributed by atoms with Crippen LogP contribution in [0.1, 0.15) is 17.5 Å². The standard InChI is InChI=1S/C21H27N5O/c1-27-13-3-11-23-12-9-17-5-7-18(8-6-17)20-15-25-21(22)16-26(20)19-4-2-10-24-14-19/h2,4-8,10,14-15,23H,3,9,11-13,16H2,1H3,(H2,22,25). The van der Waals surface area contributed by atoms with Crippen LogP contribution in [0.5, 0.6) is 0 Å². The number of nitrogens with zero attached hydrogens (tertiary/aromatic N) is 3. The van der Waals surface area contributed by atoms with Crippen LogP contribution in [-0.4, -0.2) is 44.2 Å². The fourth-order valence-electron chi connectivity index (χ4n) is 3.02. The number of aromatic nitrogens is 1. The molecule has 0 radical (unpaired) electrons. The van der Waals surface area contributed by atoms with Crippen LogP contribution in [0.25, 0.3) is 5.70 Å². The number of hydrogen-bond donors (Lipinski definition) is 2. The second-order valence-electron chi connectivity index (χ2n) is 6.48. The minimum Gasteiger partial charge on any atom is -0.386 e. The van der Waals surface area contributed by atoms with Gasteiger partial charge in [-0.05, 0) is 49.2 Å². The Morgan fingerprint density at radius 1 is 1.19 bits per heavy atom. The molecule has 0 saturated carbocycles. The summed E-state index contributed by atoms with van der Waals surface area (Å²) in [5, 5.41) is 3.44. The highest BCUT2D eigenvalue weighted by molar-refractivity contribution is 5.94. The highest BCUT2D eigenvalue weighted by atomic mass is 16.5. The topological polar surface area (TPSA) is 75.8 Å². The summed E-state index contributed by atoms with van der Waals surface area (Å²) in [6, 6.07) is 12.6. The molecule has 1 aliphatic rings. The molecule has 6 heteroatoms. The molecule has 1 aromatic carbocycles. The van der Waals surface area contributed by atoms with Crippen LogP contribution in [-0.2, 0) is 11.2 Å². The predicted molar refractivity (Wildman–Crippen MR) is 111 cm³/mol. The number of hydrogen-bond acceptors (Lipinski definition) is 6. The average molecular weight is 365 g/mol. The molecule has 0 spiro atoms. The molecule has 0 bridgehead atoms. The summed E-state index contributed by atoms with van der Waals surface area (Å²) >= 11 is 0. The van der Waals surface area contributed by atoms with Crippen LogP contribution in [0, 0.1) is 0 Å². The Labute approximate surface area is 160 Å². The summed E-state index contributed by atoms with van der Waals surface area (Å²) in [7, 11) is 1.73. The van der Waals surface area contributed by atoms with E-state index < -0.39 is 0 Å². The number of anilines is 1. The van der Waals surface area contributed by atoms with Gasteiger partial charge in [0.1, 0.15) is 5.84 Å². The van der Waals surface area contributed by atoms with Crippen molar-refractivity contribution in [1.29, 1.82) is 0 Å². The van der Waals surface area contributed by atoms with Crippen molar-refractivity contribution in [1.82, 2.24) is 10.3 Å². The normalized spacial score (nSPS) is 14.0. The van der Waals surface area contributed by atoms with Gasteiger partial charge in [-0.2, -0.15) is 0 Å².